The summed E-state index contributed by atoms with van der Waals surface area (Å²) in [5.41, 5.74) is 2.56. The van der Waals surface area contributed by atoms with Gasteiger partial charge in [0.05, 0.1) is 41.9 Å². The molecule has 2 N–H and O–H groups in total. The van der Waals surface area contributed by atoms with Crippen LogP contribution in [0.15, 0.2) is 41.3 Å². The average Bonchev–Trinajstić information content (AvgIpc) is 2.68. The molecule has 1 aromatic carbocycles. The zero-order valence-electron chi connectivity index (χ0n) is 15.5. The summed E-state index contributed by atoms with van der Waals surface area (Å²) in [6.07, 6.45) is 1.56. The molecule has 0 bridgehead atoms. The van der Waals surface area contributed by atoms with Gasteiger partial charge in [-0.25, -0.2) is 4.98 Å². The van der Waals surface area contributed by atoms with E-state index < -0.39 is 0 Å². The van der Waals surface area contributed by atoms with Gasteiger partial charge in [0, 0.05) is 12.3 Å². The number of para-hydroxylation sites is 2. The molecule has 0 radical (unpaired) electrons. The van der Waals surface area contributed by atoms with Gasteiger partial charge < -0.3 is 14.9 Å². The SMILES string of the molecule is Cc1c(Cl)cn2c(=O)cc(C[NH+]3CCN(c4ccccc4O)CC3)nc2c1Cl. The fourth-order valence-electron chi connectivity index (χ4n) is 3.62. The van der Waals surface area contributed by atoms with Crippen LogP contribution in [0.5, 0.6) is 5.75 Å². The number of aromatic hydroxyl groups is 1. The summed E-state index contributed by atoms with van der Waals surface area (Å²) in [6.45, 7) is 5.90. The van der Waals surface area contributed by atoms with Crippen LogP contribution in [0, 0.1) is 6.92 Å². The Hall–Kier alpha value is -2.28. The highest BCUT2D eigenvalue weighted by molar-refractivity contribution is 6.37. The van der Waals surface area contributed by atoms with Crippen molar-refractivity contribution < 1.29 is 10.0 Å². The van der Waals surface area contributed by atoms with E-state index in [2.05, 4.69) is 9.88 Å². The van der Waals surface area contributed by atoms with E-state index >= 15 is 0 Å². The van der Waals surface area contributed by atoms with Crippen LogP contribution in [0.3, 0.4) is 0 Å². The van der Waals surface area contributed by atoms with E-state index in [1.807, 2.05) is 25.1 Å². The molecule has 2 aromatic heterocycles. The number of piperazine rings is 1. The number of fused-ring (bicyclic) bond motifs is 1. The van der Waals surface area contributed by atoms with Crippen LogP contribution in [-0.2, 0) is 6.54 Å². The van der Waals surface area contributed by atoms with Crippen LogP contribution < -0.4 is 15.4 Å². The number of hydrogen-bond donors (Lipinski definition) is 2. The van der Waals surface area contributed by atoms with E-state index in [9.17, 15) is 9.90 Å². The van der Waals surface area contributed by atoms with Crippen molar-refractivity contribution in [3.63, 3.8) is 0 Å². The Labute approximate surface area is 172 Å². The fraction of sp³-hybridized carbons (Fsp3) is 0.300. The summed E-state index contributed by atoms with van der Waals surface area (Å²) >= 11 is 12.5. The Morgan fingerprint density at radius 1 is 1.21 bits per heavy atom. The number of nitrogens with one attached hydrogen (secondary N) is 1. The van der Waals surface area contributed by atoms with Crippen molar-refractivity contribution in [1.29, 1.82) is 0 Å². The van der Waals surface area contributed by atoms with Crippen molar-refractivity contribution >= 4 is 34.5 Å². The Balaban J connectivity index is 1.52. The number of aromatic nitrogens is 2. The Morgan fingerprint density at radius 2 is 1.93 bits per heavy atom. The van der Waals surface area contributed by atoms with E-state index in [-0.39, 0.29) is 5.56 Å². The van der Waals surface area contributed by atoms with Crippen LogP contribution in [0.4, 0.5) is 5.69 Å². The van der Waals surface area contributed by atoms with Crippen LogP contribution in [0.25, 0.3) is 5.65 Å². The van der Waals surface area contributed by atoms with Gasteiger partial charge in [0.1, 0.15) is 18.0 Å². The Bertz CT molecular complexity index is 1090. The highest BCUT2D eigenvalue weighted by atomic mass is 35.5. The molecular weight excluding hydrogens is 399 g/mol. The molecule has 1 aliphatic rings. The van der Waals surface area contributed by atoms with Crippen molar-refractivity contribution in [2.24, 2.45) is 0 Å². The van der Waals surface area contributed by atoms with E-state index in [0.717, 1.165) is 43.1 Å². The first kappa shape index (κ1) is 19.1. The number of halogens is 2. The van der Waals surface area contributed by atoms with Crippen molar-refractivity contribution in [2.45, 2.75) is 13.5 Å². The maximum absolute atomic E-state index is 12.5. The van der Waals surface area contributed by atoms with Gasteiger partial charge in [0.15, 0.2) is 5.65 Å². The van der Waals surface area contributed by atoms with Crippen LogP contribution in [0.2, 0.25) is 10.0 Å². The van der Waals surface area contributed by atoms with Gasteiger partial charge in [0.25, 0.3) is 5.56 Å². The molecule has 0 aliphatic carbocycles. The van der Waals surface area contributed by atoms with Gasteiger partial charge in [-0.2, -0.15) is 0 Å². The average molecular weight is 420 g/mol. The lowest BCUT2D eigenvalue weighted by Crippen LogP contribution is -3.13. The quantitative estimate of drug-likeness (QED) is 0.680. The summed E-state index contributed by atoms with van der Waals surface area (Å²) < 4.78 is 1.40. The van der Waals surface area contributed by atoms with Gasteiger partial charge in [-0.1, -0.05) is 35.3 Å². The van der Waals surface area contributed by atoms with Crippen LogP contribution in [-0.4, -0.2) is 40.7 Å². The normalized spacial score (nSPS) is 15.3. The zero-order valence-corrected chi connectivity index (χ0v) is 17.0. The molecule has 0 spiro atoms. The second-order valence-electron chi connectivity index (χ2n) is 7.10. The standard InChI is InChI=1S/C20H20Cl2N4O2/c1-13-15(21)12-26-18(28)10-14(23-20(26)19(13)22)11-24-6-8-25(9-7-24)16-4-2-3-5-17(16)27/h2-5,10,12,27H,6-9,11H2,1H3/p+1. The minimum atomic E-state index is -0.184. The minimum Gasteiger partial charge on any atom is -0.506 e. The lowest BCUT2D eigenvalue weighted by atomic mass is 10.2. The maximum Gasteiger partial charge on any atom is 0.258 e. The number of anilines is 1. The maximum atomic E-state index is 12.5. The molecule has 0 saturated carbocycles. The third kappa shape index (κ3) is 3.55. The smallest absolute Gasteiger partial charge is 0.258 e. The molecule has 0 amide bonds. The topological polar surface area (TPSA) is 62.3 Å². The molecule has 0 unspecified atom stereocenters. The number of hydrogen-bond acceptors (Lipinski definition) is 4. The van der Waals surface area contributed by atoms with Gasteiger partial charge in [-0.05, 0) is 24.6 Å². The van der Waals surface area contributed by atoms with Gasteiger partial charge in [-0.15, -0.1) is 0 Å². The van der Waals surface area contributed by atoms with E-state index in [0.29, 0.717) is 28.0 Å². The monoisotopic (exact) mass is 419 g/mol. The van der Waals surface area contributed by atoms with Crippen molar-refractivity contribution in [3.05, 3.63) is 68.2 Å². The lowest BCUT2D eigenvalue weighted by Gasteiger charge is -2.33. The summed E-state index contributed by atoms with van der Waals surface area (Å²) in [4.78, 5) is 20.6. The Morgan fingerprint density at radius 3 is 2.64 bits per heavy atom. The summed E-state index contributed by atoms with van der Waals surface area (Å²) in [5, 5.41) is 10.9. The third-order valence-corrected chi connectivity index (χ3v) is 6.09. The van der Waals surface area contributed by atoms with Gasteiger partial charge >= 0.3 is 0 Å². The zero-order chi connectivity index (χ0) is 19.8. The molecule has 4 rings (SSSR count). The first-order chi connectivity index (χ1) is 13.4. The molecule has 1 saturated heterocycles. The van der Waals surface area contributed by atoms with Gasteiger partial charge in [-0.3, -0.25) is 9.20 Å². The summed E-state index contributed by atoms with van der Waals surface area (Å²) in [6, 6.07) is 8.95. The molecule has 8 heteroatoms. The number of pyridine rings is 1. The van der Waals surface area contributed by atoms with Crippen molar-refractivity contribution in [2.75, 3.05) is 31.1 Å². The molecule has 146 valence electrons. The highest BCUT2D eigenvalue weighted by Gasteiger charge is 2.23. The van der Waals surface area contributed by atoms with Crippen LogP contribution >= 0.6 is 23.2 Å². The molecule has 3 heterocycles. The minimum absolute atomic E-state index is 0.184. The lowest BCUT2D eigenvalue weighted by molar-refractivity contribution is -0.914. The number of rotatable bonds is 3. The number of quaternary nitrogens is 1. The molecule has 0 atom stereocenters. The summed E-state index contributed by atoms with van der Waals surface area (Å²) in [7, 11) is 0. The molecular formula is C20H21Cl2N4O2+. The second kappa shape index (κ2) is 7.62. The van der Waals surface area contributed by atoms with Crippen LogP contribution in [0.1, 0.15) is 11.3 Å². The van der Waals surface area contributed by atoms with E-state index in [1.165, 1.54) is 9.30 Å². The van der Waals surface area contributed by atoms with Crippen molar-refractivity contribution in [3.8, 4) is 5.75 Å². The molecule has 6 nitrogen and oxygen atoms in total. The fourth-order valence-corrected chi connectivity index (χ4v) is 4.10. The largest absolute Gasteiger partial charge is 0.506 e. The third-order valence-electron chi connectivity index (χ3n) is 5.26. The van der Waals surface area contributed by atoms with Crippen molar-refractivity contribution in [1.82, 2.24) is 9.38 Å². The Kier molecular flexibility index (Phi) is 5.19. The molecule has 28 heavy (non-hydrogen) atoms. The van der Waals surface area contributed by atoms with E-state index in [1.54, 1.807) is 18.3 Å². The first-order valence-corrected chi connectivity index (χ1v) is 9.93. The number of phenols is 1. The van der Waals surface area contributed by atoms with Gasteiger partial charge in [0.2, 0.25) is 0 Å². The molecule has 1 fully saturated rings. The van der Waals surface area contributed by atoms with E-state index in [4.69, 9.17) is 23.2 Å². The summed E-state index contributed by atoms with van der Waals surface area (Å²) in [5.74, 6) is 0.304. The number of benzene rings is 1. The molecule has 3 aromatic rings. The highest BCUT2D eigenvalue weighted by Crippen LogP contribution is 2.27. The number of nitrogens with zero attached hydrogens (tertiary/aromatic N) is 3. The first-order valence-electron chi connectivity index (χ1n) is 9.17. The number of phenolic OH excluding ortho intramolecular Hbond substituents is 1. The predicted octanol–water partition coefficient (Wildman–Crippen LogP) is 1.92. The predicted molar refractivity (Wildman–Crippen MR) is 111 cm³/mol. The molecule has 1 aliphatic heterocycles. The second-order valence-corrected chi connectivity index (χ2v) is 7.88.